The van der Waals surface area contributed by atoms with Crippen LogP contribution in [0.15, 0.2) is 12.2 Å². The first kappa shape index (κ1) is 66.9. The van der Waals surface area contributed by atoms with Crippen LogP contribution in [0.3, 0.4) is 0 Å². The minimum absolute atomic E-state index is 0. The summed E-state index contributed by atoms with van der Waals surface area (Å²) in [6.45, 7) is 56.3. The number of hydrogen-bond acceptors (Lipinski definition) is 7. The topological polar surface area (TPSA) is 80.3 Å². The normalized spacial score (nSPS) is 34.9. The third-order valence-electron chi connectivity index (χ3n) is 23.0. The van der Waals surface area contributed by atoms with Crippen LogP contribution in [0.1, 0.15) is 209 Å². The number of carbonyl (C=O) groups excluding carboxylic acids is 2. The molecular weight excluding hydrogens is 969 g/mol. The first-order chi connectivity index (χ1) is 32.2. The Morgan fingerprint density at radius 2 is 0.904 bits per heavy atom. The minimum atomic E-state index is -1.82. The maximum atomic E-state index is 12.2. The summed E-state index contributed by atoms with van der Waals surface area (Å²) >= 11 is 0. The average Bonchev–Trinajstić information content (AvgIpc) is 4.01. The zero-order chi connectivity index (χ0) is 53.9. The Balaban J connectivity index is 0.000000378. The predicted molar refractivity (Wildman–Crippen MR) is 322 cm³/mol. The Kier molecular flexibility index (Phi) is 21.4. The van der Waals surface area contributed by atoms with Crippen LogP contribution in [-0.4, -0.2) is 77.6 Å². The van der Waals surface area contributed by atoms with E-state index in [2.05, 4.69) is 155 Å². The lowest BCUT2D eigenvalue weighted by molar-refractivity contribution is -0.137. The summed E-state index contributed by atoms with van der Waals surface area (Å²) in [6, 6.07) is 0. The van der Waals surface area contributed by atoms with Gasteiger partial charge in [0.05, 0.1) is 6.61 Å². The van der Waals surface area contributed by atoms with Gasteiger partial charge in [0, 0.05) is 37.4 Å². The highest BCUT2D eigenvalue weighted by molar-refractivity contribution is 6.75. The minimum Gasteiger partial charge on any atom is -0.463 e. The van der Waals surface area contributed by atoms with Gasteiger partial charge in [0.2, 0.25) is 0 Å². The molecule has 12 atom stereocenters. The summed E-state index contributed by atoms with van der Waals surface area (Å²) in [5, 5.41) is 0.936. The fourth-order valence-corrected chi connectivity index (χ4v) is 19.1. The first-order valence-corrected chi connectivity index (χ1v) is 40.8. The second-order valence-electron chi connectivity index (χ2n) is 31.2. The zero-order valence-electron chi connectivity index (χ0n) is 50.7. The van der Waals surface area contributed by atoms with E-state index in [1.807, 2.05) is 6.92 Å². The predicted octanol–water partition coefficient (Wildman–Crippen LogP) is 18.6. The second kappa shape index (κ2) is 23.4. The zero-order valence-corrected chi connectivity index (χ0v) is 54.7. The molecule has 0 aliphatic heterocycles. The molecule has 0 amide bonds. The van der Waals surface area contributed by atoms with E-state index in [4.69, 9.17) is 22.4 Å². The SMILES string of the molecule is C.C.CC(C)(C)[Si](C)(C)OCCC1([C@H]2CCC3[C@@H](O[Si](C)(C)C(C)(C)C)CCC[C@@]32C)CC1C=O.CCOC(=O)C=CC1CC1(CCO[Si](C)(C)C(C)(C)C)[C@H]1CCC2[C@@H](O[Si](C)(C)C(C)(C)C)CCC[C@@]21C. The van der Waals surface area contributed by atoms with Gasteiger partial charge in [-0.15, -0.1) is 0 Å². The number of allylic oxidation sites excluding steroid dienone is 1. The summed E-state index contributed by atoms with van der Waals surface area (Å²) in [6.07, 6.45) is 23.0. The molecule has 0 aromatic rings. The number of esters is 1. The van der Waals surface area contributed by atoms with Crippen molar-refractivity contribution >= 4 is 45.5 Å². The lowest BCUT2D eigenvalue weighted by Crippen LogP contribution is -2.50. The van der Waals surface area contributed by atoms with E-state index in [-0.39, 0.29) is 57.7 Å². The lowest BCUT2D eigenvalue weighted by Gasteiger charge is -2.50. The van der Waals surface area contributed by atoms with Gasteiger partial charge in [-0.2, -0.15) is 0 Å². The number of rotatable bonds is 18. The molecule has 0 saturated heterocycles. The molecule has 0 spiro atoms. The Morgan fingerprint density at radius 1 is 0.548 bits per heavy atom. The van der Waals surface area contributed by atoms with Crippen molar-refractivity contribution in [2.24, 2.45) is 57.2 Å². The largest absolute Gasteiger partial charge is 0.463 e. The third-order valence-corrected chi connectivity index (χ3v) is 41.0. The molecule has 428 valence electrons. The standard InChI is InChI=1S/C32H60O4Si2.C28H54O3Si2.2CH4/c1-13-34-28(33)19-16-24-23-32(24,21-22-35-37(9,10)29(2,3)4)27-18-17-25-26(15-14-20-31(25,27)8)36-38(11,12)30(5,6)7;1-25(2,3)32(8,9)30-18-17-28(19-21(28)20-29)24-15-14-22-23(13-12-16-27(22,24)7)31-33(10,11)26(4,5)6;;/h16,19,24-27H,13-15,17-18,20-23H2,1-12H3;20-24H,12-19H2,1-11H3;2*1H4/t24?,25?,26-,27-,31-,32?;21?,22?,23-,24-,27-,28?;;/m00../s1. The van der Waals surface area contributed by atoms with Crippen molar-refractivity contribution < 1.29 is 32.0 Å². The number of fused-ring (bicyclic) bond motifs is 2. The van der Waals surface area contributed by atoms with Crippen molar-refractivity contribution in [2.75, 3.05) is 19.8 Å². The van der Waals surface area contributed by atoms with E-state index < -0.39 is 33.3 Å². The van der Waals surface area contributed by atoms with E-state index in [0.29, 0.717) is 59.2 Å². The van der Waals surface area contributed by atoms with E-state index >= 15 is 0 Å². The highest BCUT2D eigenvalue weighted by atomic mass is 28.4. The van der Waals surface area contributed by atoms with Crippen LogP contribution in [0.2, 0.25) is 72.5 Å². The Bertz CT molecular complexity index is 1850. The molecule has 6 rings (SSSR count). The van der Waals surface area contributed by atoms with Gasteiger partial charge in [0.15, 0.2) is 33.3 Å². The molecule has 0 aromatic heterocycles. The number of carbonyl (C=O) groups is 2. The van der Waals surface area contributed by atoms with Crippen LogP contribution in [-0.2, 0) is 32.0 Å². The number of ether oxygens (including phenoxy) is 1. The molecule has 0 bridgehead atoms. The molecule has 6 saturated carbocycles. The van der Waals surface area contributed by atoms with Crippen molar-refractivity contribution in [2.45, 2.75) is 293 Å². The molecule has 6 aliphatic rings. The Labute approximate surface area is 457 Å². The molecule has 0 radical (unpaired) electrons. The molecule has 6 aliphatic carbocycles. The van der Waals surface area contributed by atoms with Crippen LogP contribution < -0.4 is 0 Å². The molecule has 0 heterocycles. The maximum Gasteiger partial charge on any atom is 0.330 e. The maximum absolute atomic E-state index is 12.2. The van der Waals surface area contributed by atoms with Gasteiger partial charge in [-0.1, -0.05) is 131 Å². The van der Waals surface area contributed by atoms with Crippen molar-refractivity contribution in [3.8, 4) is 0 Å². The van der Waals surface area contributed by atoms with Crippen LogP contribution in [0.4, 0.5) is 0 Å². The fourth-order valence-electron chi connectivity index (χ4n) is 14.2. The van der Waals surface area contributed by atoms with E-state index in [0.717, 1.165) is 32.5 Å². The summed E-state index contributed by atoms with van der Waals surface area (Å²) in [5.74, 6) is 3.06. The second-order valence-corrected chi connectivity index (χ2v) is 50.3. The van der Waals surface area contributed by atoms with E-state index in [9.17, 15) is 9.59 Å². The van der Waals surface area contributed by atoms with Gasteiger partial charge in [0.25, 0.3) is 0 Å². The van der Waals surface area contributed by atoms with Crippen molar-refractivity contribution in [3.05, 3.63) is 12.2 Å². The smallest absolute Gasteiger partial charge is 0.330 e. The number of hydrogen-bond donors (Lipinski definition) is 0. The van der Waals surface area contributed by atoms with Gasteiger partial charge < -0.3 is 27.2 Å². The van der Waals surface area contributed by atoms with Crippen LogP contribution in [0.5, 0.6) is 0 Å². The highest BCUT2D eigenvalue weighted by Crippen LogP contribution is 2.73. The molecule has 7 nitrogen and oxygen atoms in total. The lowest BCUT2D eigenvalue weighted by atomic mass is 9.60. The quantitative estimate of drug-likeness (QED) is 0.0585. The Morgan fingerprint density at radius 3 is 1.23 bits per heavy atom. The van der Waals surface area contributed by atoms with Gasteiger partial charge in [-0.3, -0.25) is 0 Å². The van der Waals surface area contributed by atoms with E-state index in [1.54, 1.807) is 6.08 Å². The van der Waals surface area contributed by atoms with Crippen molar-refractivity contribution in [3.63, 3.8) is 0 Å². The van der Waals surface area contributed by atoms with Gasteiger partial charge in [-0.05, 0) is 208 Å². The molecular formula is C62H122O7Si4. The molecule has 0 N–H and O–H groups in total. The number of aldehydes is 1. The average molecular weight is 1090 g/mol. The van der Waals surface area contributed by atoms with Gasteiger partial charge in [-0.25, -0.2) is 4.79 Å². The van der Waals surface area contributed by atoms with E-state index in [1.165, 1.54) is 76.9 Å². The third kappa shape index (κ3) is 14.0. The van der Waals surface area contributed by atoms with Crippen LogP contribution >= 0.6 is 0 Å². The Hall–Kier alpha value is -0.412. The van der Waals surface area contributed by atoms with Crippen molar-refractivity contribution in [1.82, 2.24) is 0 Å². The van der Waals surface area contributed by atoms with Gasteiger partial charge >= 0.3 is 5.97 Å². The first-order valence-electron chi connectivity index (χ1n) is 29.2. The summed E-state index contributed by atoms with van der Waals surface area (Å²) in [7, 11) is -7.17. The molecule has 0 aromatic carbocycles. The summed E-state index contributed by atoms with van der Waals surface area (Å²) < 4.78 is 32.8. The molecule has 73 heavy (non-hydrogen) atoms. The molecule has 6 unspecified atom stereocenters. The van der Waals surface area contributed by atoms with Crippen LogP contribution in [0.25, 0.3) is 0 Å². The summed E-state index contributed by atoms with van der Waals surface area (Å²) in [4.78, 5) is 24.2. The van der Waals surface area contributed by atoms with Crippen molar-refractivity contribution in [1.29, 1.82) is 0 Å². The fraction of sp³-hybridized carbons (Fsp3) is 0.935. The van der Waals surface area contributed by atoms with Gasteiger partial charge in [0.1, 0.15) is 6.29 Å². The van der Waals surface area contributed by atoms with Crippen LogP contribution in [0, 0.1) is 57.2 Å². The monoisotopic (exact) mass is 1090 g/mol. The molecule has 11 heteroatoms. The summed E-state index contributed by atoms with van der Waals surface area (Å²) in [5.41, 5.74) is 1.01. The molecule has 6 fully saturated rings. The highest BCUT2D eigenvalue weighted by Gasteiger charge is 2.68.